The molecule has 2 atom stereocenters. The summed E-state index contributed by atoms with van der Waals surface area (Å²) >= 11 is 0. The second kappa shape index (κ2) is 12.3. The van der Waals surface area contributed by atoms with Gasteiger partial charge in [-0.3, -0.25) is 4.79 Å². The number of hydrogen-bond acceptors (Lipinski definition) is 6. The number of nitrogens with one attached hydrogen (secondary N) is 1. The van der Waals surface area contributed by atoms with Crippen molar-refractivity contribution in [2.45, 2.75) is 85.3 Å². The Balaban J connectivity index is 2.12. The van der Waals surface area contributed by atoms with Crippen LogP contribution in [0.1, 0.15) is 63.8 Å². The van der Waals surface area contributed by atoms with Crippen molar-refractivity contribution in [2.75, 3.05) is 7.11 Å². The molecule has 9 heteroatoms. The minimum atomic E-state index is -3.94. The van der Waals surface area contributed by atoms with Crippen LogP contribution >= 0.6 is 0 Å². The molecule has 0 aliphatic rings. The van der Waals surface area contributed by atoms with E-state index in [1.165, 1.54) is 11.1 Å². The summed E-state index contributed by atoms with van der Waals surface area (Å²) in [5.74, 6) is -0.957. The SMILES string of the molecule is COC(=O)[C@H](/C=C/[C@H](Cc1cn(S(=O)(=O)c2c(C)cc(C)cc2C)c2ccccc12)NC(=O)OC(C)(C)C)C(C)(C)C. The van der Waals surface area contributed by atoms with E-state index in [-0.39, 0.29) is 17.3 Å². The third kappa shape index (κ3) is 7.62. The van der Waals surface area contributed by atoms with E-state index in [1.54, 1.807) is 65.1 Å². The van der Waals surface area contributed by atoms with Crippen LogP contribution in [0.15, 0.2) is 59.6 Å². The lowest BCUT2D eigenvalue weighted by molar-refractivity contribution is -0.146. The molecular formula is C33H44N2O6S. The summed E-state index contributed by atoms with van der Waals surface area (Å²) in [5, 5.41) is 3.64. The minimum absolute atomic E-state index is 0.253. The Hall–Kier alpha value is -3.59. The molecule has 42 heavy (non-hydrogen) atoms. The van der Waals surface area contributed by atoms with Crippen molar-refractivity contribution in [2.24, 2.45) is 11.3 Å². The van der Waals surface area contributed by atoms with Gasteiger partial charge in [0.25, 0.3) is 10.0 Å². The number of ether oxygens (including phenoxy) is 2. The monoisotopic (exact) mass is 596 g/mol. The van der Waals surface area contributed by atoms with Crippen molar-refractivity contribution < 1.29 is 27.5 Å². The summed E-state index contributed by atoms with van der Waals surface area (Å²) in [5.41, 5.74) is 2.44. The number of hydrogen-bond donors (Lipinski definition) is 1. The average Bonchev–Trinajstić information content (AvgIpc) is 3.20. The molecule has 1 aromatic heterocycles. The summed E-state index contributed by atoms with van der Waals surface area (Å²) in [6.45, 7) is 16.7. The van der Waals surface area contributed by atoms with Gasteiger partial charge in [0.1, 0.15) is 5.60 Å². The van der Waals surface area contributed by atoms with Crippen LogP contribution < -0.4 is 5.32 Å². The molecular weight excluding hydrogens is 552 g/mol. The fourth-order valence-corrected chi connectivity index (χ4v) is 7.02. The Morgan fingerprint density at radius 3 is 2.12 bits per heavy atom. The van der Waals surface area contributed by atoms with Gasteiger partial charge in [0.15, 0.2) is 0 Å². The number of methoxy groups -OCH3 is 1. The molecule has 0 radical (unpaired) electrons. The number of fused-ring (bicyclic) bond motifs is 1. The van der Waals surface area contributed by atoms with Crippen molar-refractivity contribution in [1.82, 2.24) is 9.29 Å². The summed E-state index contributed by atoms with van der Waals surface area (Å²) in [7, 11) is -2.59. The van der Waals surface area contributed by atoms with Crippen LogP contribution in [0.3, 0.4) is 0 Å². The maximum Gasteiger partial charge on any atom is 0.408 e. The standard InChI is InChI=1S/C33H44N2O6S/c1-21-17-22(2)29(23(3)18-21)42(38,39)35-20-24(26-13-11-12-14-28(26)35)19-25(34-31(37)41-33(7,8)9)15-16-27(30(36)40-10)32(4,5)6/h11-18,20,25,27H,19H2,1-10H3,(H,34,37)/b16-15+/t25-,27+/m1/s1. The van der Waals surface area contributed by atoms with Gasteiger partial charge in [-0.1, -0.05) is 68.8 Å². The minimum Gasteiger partial charge on any atom is -0.469 e. The number of carbonyl (C=O) groups is 2. The molecule has 228 valence electrons. The van der Waals surface area contributed by atoms with Gasteiger partial charge < -0.3 is 14.8 Å². The van der Waals surface area contributed by atoms with Gasteiger partial charge in [-0.15, -0.1) is 0 Å². The summed E-state index contributed by atoms with van der Waals surface area (Å²) in [4.78, 5) is 25.7. The Morgan fingerprint density at radius 2 is 1.57 bits per heavy atom. The molecule has 0 saturated heterocycles. The average molecular weight is 597 g/mol. The Kier molecular flexibility index (Phi) is 9.67. The highest BCUT2D eigenvalue weighted by molar-refractivity contribution is 7.90. The first-order valence-electron chi connectivity index (χ1n) is 14.0. The molecule has 1 heterocycles. The number of esters is 1. The molecule has 0 bridgehead atoms. The van der Waals surface area contributed by atoms with Crippen molar-refractivity contribution in [1.29, 1.82) is 0 Å². The van der Waals surface area contributed by atoms with Crippen LogP contribution in [0.4, 0.5) is 4.79 Å². The lowest BCUT2D eigenvalue weighted by atomic mass is 9.80. The van der Waals surface area contributed by atoms with Crippen LogP contribution in [0.5, 0.6) is 0 Å². The molecule has 3 rings (SSSR count). The molecule has 0 fully saturated rings. The van der Waals surface area contributed by atoms with Gasteiger partial charge in [-0.05, 0) is 76.1 Å². The van der Waals surface area contributed by atoms with Gasteiger partial charge in [0, 0.05) is 11.6 Å². The molecule has 1 N–H and O–H groups in total. The number of alkyl carbamates (subject to hydrolysis) is 1. The lowest BCUT2D eigenvalue weighted by Gasteiger charge is -2.26. The van der Waals surface area contributed by atoms with Crippen LogP contribution in [0.25, 0.3) is 10.9 Å². The Morgan fingerprint density at radius 1 is 0.976 bits per heavy atom. The lowest BCUT2D eigenvalue weighted by Crippen LogP contribution is -2.39. The fraction of sp³-hybridized carbons (Fsp3) is 0.455. The molecule has 3 aromatic rings. The molecule has 0 saturated carbocycles. The van der Waals surface area contributed by atoms with E-state index in [1.807, 2.05) is 52.0 Å². The first-order valence-corrected chi connectivity index (χ1v) is 15.5. The number of carbonyl (C=O) groups excluding carboxylic acids is 2. The molecule has 2 aromatic carbocycles. The largest absolute Gasteiger partial charge is 0.469 e. The van der Waals surface area contributed by atoms with Crippen LogP contribution in [-0.2, 0) is 30.7 Å². The number of nitrogens with zero attached hydrogens (tertiary/aromatic N) is 1. The topological polar surface area (TPSA) is 104 Å². The predicted molar refractivity (Wildman–Crippen MR) is 166 cm³/mol. The maximum absolute atomic E-state index is 14.1. The molecule has 0 unspecified atom stereocenters. The van der Waals surface area contributed by atoms with E-state index < -0.39 is 39.1 Å². The van der Waals surface area contributed by atoms with E-state index in [0.29, 0.717) is 22.2 Å². The molecule has 0 aliphatic heterocycles. The number of benzene rings is 2. The number of rotatable bonds is 8. The molecule has 8 nitrogen and oxygen atoms in total. The second-order valence-corrected chi connectivity index (χ2v) is 14.7. The number of aromatic nitrogens is 1. The maximum atomic E-state index is 14.1. The fourth-order valence-electron chi connectivity index (χ4n) is 5.21. The predicted octanol–water partition coefficient (Wildman–Crippen LogP) is 6.63. The number of para-hydroxylation sites is 1. The van der Waals surface area contributed by atoms with Crippen molar-refractivity contribution in [3.8, 4) is 0 Å². The Labute approximate surface area is 250 Å². The molecule has 0 aliphatic carbocycles. The van der Waals surface area contributed by atoms with Gasteiger partial charge in [-0.2, -0.15) is 0 Å². The van der Waals surface area contributed by atoms with E-state index in [2.05, 4.69) is 5.32 Å². The smallest absolute Gasteiger partial charge is 0.408 e. The third-order valence-electron chi connectivity index (χ3n) is 6.95. The number of aryl methyl sites for hydroxylation is 3. The summed E-state index contributed by atoms with van der Waals surface area (Å²) in [6.07, 6.45) is 4.75. The van der Waals surface area contributed by atoms with Gasteiger partial charge in [-0.25, -0.2) is 17.2 Å². The zero-order chi connectivity index (χ0) is 31.6. The van der Waals surface area contributed by atoms with Crippen LogP contribution in [-0.4, -0.2) is 43.2 Å². The zero-order valence-electron chi connectivity index (χ0n) is 26.4. The van der Waals surface area contributed by atoms with Gasteiger partial charge >= 0.3 is 12.1 Å². The Bertz CT molecular complexity index is 1580. The second-order valence-electron chi connectivity index (χ2n) is 12.9. The first-order chi connectivity index (χ1) is 19.3. The van der Waals surface area contributed by atoms with Crippen LogP contribution in [0, 0.1) is 32.1 Å². The first kappa shape index (κ1) is 32.9. The normalized spacial score (nSPS) is 14.1. The summed E-state index contributed by atoms with van der Waals surface area (Å²) < 4.78 is 40.0. The molecule has 0 spiro atoms. The highest BCUT2D eigenvalue weighted by atomic mass is 32.2. The zero-order valence-corrected chi connectivity index (χ0v) is 27.2. The van der Waals surface area contributed by atoms with E-state index in [0.717, 1.165) is 10.9 Å². The van der Waals surface area contributed by atoms with E-state index >= 15 is 0 Å². The van der Waals surface area contributed by atoms with Crippen molar-refractivity contribution >= 4 is 33.0 Å². The van der Waals surface area contributed by atoms with E-state index in [9.17, 15) is 18.0 Å². The summed E-state index contributed by atoms with van der Waals surface area (Å²) in [6, 6.07) is 10.4. The number of amides is 1. The van der Waals surface area contributed by atoms with Crippen LogP contribution in [0.2, 0.25) is 0 Å². The molecule has 1 amide bonds. The third-order valence-corrected chi connectivity index (χ3v) is 8.93. The van der Waals surface area contributed by atoms with Gasteiger partial charge in [0.05, 0.1) is 29.5 Å². The van der Waals surface area contributed by atoms with Crippen molar-refractivity contribution in [3.63, 3.8) is 0 Å². The van der Waals surface area contributed by atoms with E-state index in [4.69, 9.17) is 9.47 Å². The van der Waals surface area contributed by atoms with Gasteiger partial charge in [0.2, 0.25) is 0 Å². The van der Waals surface area contributed by atoms with Crippen molar-refractivity contribution in [3.05, 3.63) is 77.0 Å². The highest BCUT2D eigenvalue weighted by Gasteiger charge is 2.31. The highest BCUT2D eigenvalue weighted by Crippen LogP contribution is 2.31. The quantitative estimate of drug-likeness (QED) is 0.231.